The van der Waals surface area contributed by atoms with Crippen molar-refractivity contribution in [2.75, 3.05) is 33.7 Å². The van der Waals surface area contributed by atoms with Crippen LogP contribution in [0.3, 0.4) is 0 Å². The average Bonchev–Trinajstić information content (AvgIpc) is 3.42. The highest BCUT2D eigenvalue weighted by atomic mass is 15.3. The van der Waals surface area contributed by atoms with Crippen LogP contribution in [0.4, 0.5) is 39.8 Å². The average molecular weight is 899 g/mol. The molecule has 0 radical (unpaired) electrons. The van der Waals surface area contributed by atoms with E-state index in [1.54, 1.807) is 0 Å². The standard InChI is InChI=1S/C66H50N4/c1-67-57-27-10-14-31-61(57)69(62-32-15-11-28-58(62)67)47-36-38-52-55(41-47)65(50-26-18-24-43-21-8-9-25-49(43)50)51-37-35-48(70-63-33-16-12-29-59(63)68(2)60-30-13-17-34-64(60)70)42-56(51)66(52)54-40-46-23-7-6-22-45(46)39-53(54)44-19-4-3-5-20-44/h3-12,14-29,31-34,36-42,48H,13,30,35H2,1-2H3. The Morgan fingerprint density at radius 1 is 0.443 bits per heavy atom. The molecular formula is C66H50N4. The van der Waals surface area contributed by atoms with E-state index in [-0.39, 0.29) is 6.04 Å². The second-order valence-corrected chi connectivity index (χ2v) is 19.2. The second-order valence-electron chi connectivity index (χ2n) is 19.2. The maximum Gasteiger partial charge on any atom is 0.0699 e. The summed E-state index contributed by atoms with van der Waals surface area (Å²) in [7, 11) is 4.43. The quantitative estimate of drug-likeness (QED) is 0.171. The van der Waals surface area contributed by atoms with Crippen LogP contribution in [0, 0.1) is 0 Å². The molecule has 0 saturated heterocycles. The van der Waals surface area contributed by atoms with E-state index in [1.807, 2.05) is 0 Å². The molecular weight excluding hydrogens is 849 g/mol. The van der Waals surface area contributed by atoms with Crippen LogP contribution in [0.15, 0.2) is 224 Å². The molecule has 0 N–H and O–H groups in total. The van der Waals surface area contributed by atoms with Gasteiger partial charge in [-0.25, -0.2) is 0 Å². The highest BCUT2D eigenvalue weighted by Crippen LogP contribution is 2.52. The summed E-state index contributed by atoms with van der Waals surface area (Å²) in [5.74, 6) is 0. The Balaban J connectivity index is 1.14. The van der Waals surface area contributed by atoms with Crippen molar-refractivity contribution in [3.8, 4) is 33.4 Å². The van der Waals surface area contributed by atoms with Crippen LogP contribution in [-0.2, 0) is 0 Å². The van der Waals surface area contributed by atoms with Crippen molar-refractivity contribution >= 4 is 84.3 Å². The zero-order valence-electron chi connectivity index (χ0n) is 39.3. The summed E-state index contributed by atoms with van der Waals surface area (Å²) in [6.45, 7) is 0. The predicted octanol–water partition coefficient (Wildman–Crippen LogP) is 15.5. The third-order valence-corrected chi connectivity index (χ3v) is 15.4. The number of benzene rings is 10. The fraction of sp³-hybridized carbons (Fsp3) is 0.0909. The summed E-state index contributed by atoms with van der Waals surface area (Å²) in [5.41, 5.74) is 18.5. The Hall–Kier alpha value is -8.60. The fourth-order valence-electron chi connectivity index (χ4n) is 12.2. The SMILES string of the molecule is CN1C2=C(C=CCC2)N(C2C=c3c(-c4cc5ccccc5cc4-c4ccccc4)c4ccc(N5c6ccccc6N(C)c6ccccc65)cc4c(-c4cccc5ccccc45)c3=CC2)c2ccccc21. The molecule has 1 atom stereocenters. The zero-order valence-corrected chi connectivity index (χ0v) is 39.3. The topological polar surface area (TPSA) is 13.0 Å². The van der Waals surface area contributed by atoms with Gasteiger partial charge in [-0.1, -0.05) is 158 Å². The van der Waals surface area contributed by atoms with Gasteiger partial charge in [0.05, 0.1) is 45.9 Å². The Morgan fingerprint density at radius 3 is 1.79 bits per heavy atom. The monoisotopic (exact) mass is 898 g/mol. The predicted molar refractivity (Wildman–Crippen MR) is 297 cm³/mol. The van der Waals surface area contributed by atoms with E-state index >= 15 is 0 Å². The van der Waals surface area contributed by atoms with Gasteiger partial charge >= 0.3 is 0 Å². The van der Waals surface area contributed by atoms with Crippen LogP contribution < -0.4 is 30.0 Å². The van der Waals surface area contributed by atoms with Gasteiger partial charge in [-0.2, -0.15) is 0 Å². The molecule has 0 spiro atoms. The number of anilines is 7. The van der Waals surface area contributed by atoms with Gasteiger partial charge in [0.1, 0.15) is 0 Å². The molecule has 0 bridgehead atoms. The van der Waals surface area contributed by atoms with Crippen molar-refractivity contribution in [1.82, 2.24) is 0 Å². The first-order valence-corrected chi connectivity index (χ1v) is 24.7. The van der Waals surface area contributed by atoms with E-state index in [0.717, 1.165) is 36.3 Å². The number of nitrogens with zero attached hydrogens (tertiary/aromatic N) is 4. The molecule has 0 amide bonds. The molecule has 4 aliphatic rings. The van der Waals surface area contributed by atoms with Crippen molar-refractivity contribution in [3.63, 3.8) is 0 Å². The van der Waals surface area contributed by atoms with E-state index in [1.165, 1.54) is 110 Å². The Kier molecular flexibility index (Phi) is 9.25. The van der Waals surface area contributed by atoms with Crippen molar-refractivity contribution in [1.29, 1.82) is 0 Å². The van der Waals surface area contributed by atoms with Crippen molar-refractivity contribution in [2.45, 2.75) is 25.3 Å². The molecule has 0 saturated carbocycles. The van der Waals surface area contributed by atoms with Gasteiger partial charge in [-0.3, -0.25) is 0 Å². The summed E-state index contributed by atoms with van der Waals surface area (Å²) in [5, 5.41) is 9.98. The highest BCUT2D eigenvalue weighted by molar-refractivity contribution is 6.14. The Morgan fingerprint density at radius 2 is 1.04 bits per heavy atom. The van der Waals surface area contributed by atoms with Crippen LogP contribution in [0.5, 0.6) is 0 Å². The number of hydrogen-bond donors (Lipinski definition) is 0. The molecule has 10 aromatic carbocycles. The first-order chi connectivity index (χ1) is 34.6. The number of rotatable bonds is 5. The van der Waals surface area contributed by atoms with Crippen LogP contribution >= 0.6 is 0 Å². The van der Waals surface area contributed by atoms with E-state index in [0.29, 0.717) is 0 Å². The number of hydrogen-bond acceptors (Lipinski definition) is 4. The molecule has 334 valence electrons. The van der Waals surface area contributed by atoms with E-state index in [9.17, 15) is 0 Å². The number of allylic oxidation sites excluding steroid dienone is 3. The van der Waals surface area contributed by atoms with Crippen molar-refractivity contribution < 1.29 is 0 Å². The largest absolute Gasteiger partial charge is 0.345 e. The molecule has 1 unspecified atom stereocenters. The minimum Gasteiger partial charge on any atom is -0.345 e. The minimum atomic E-state index is 0.0601. The van der Waals surface area contributed by atoms with Gasteiger partial charge in [-0.15, -0.1) is 0 Å². The van der Waals surface area contributed by atoms with Crippen LogP contribution in [-0.4, -0.2) is 20.1 Å². The molecule has 4 nitrogen and oxygen atoms in total. The van der Waals surface area contributed by atoms with Gasteiger partial charge < -0.3 is 19.6 Å². The maximum absolute atomic E-state index is 2.65. The summed E-state index contributed by atoms with van der Waals surface area (Å²) < 4.78 is 0. The summed E-state index contributed by atoms with van der Waals surface area (Å²) in [4.78, 5) is 9.88. The number of fused-ring (bicyclic) bond motifs is 7. The van der Waals surface area contributed by atoms with E-state index in [2.05, 4.69) is 258 Å². The number of para-hydroxylation sites is 6. The minimum absolute atomic E-state index is 0.0601. The summed E-state index contributed by atoms with van der Waals surface area (Å²) in [6.07, 6.45) is 12.9. The molecule has 0 fully saturated rings. The highest BCUT2D eigenvalue weighted by Gasteiger charge is 2.34. The van der Waals surface area contributed by atoms with Crippen LogP contribution in [0.2, 0.25) is 0 Å². The first kappa shape index (κ1) is 40.5. The smallest absolute Gasteiger partial charge is 0.0699 e. The molecule has 10 aromatic rings. The summed E-state index contributed by atoms with van der Waals surface area (Å²) >= 11 is 0. The molecule has 0 aromatic heterocycles. The Labute approximate surface area is 408 Å². The van der Waals surface area contributed by atoms with Crippen molar-refractivity contribution in [3.05, 3.63) is 234 Å². The lowest BCUT2D eigenvalue weighted by atomic mass is 9.81. The van der Waals surface area contributed by atoms with E-state index in [4.69, 9.17) is 0 Å². The lowest BCUT2D eigenvalue weighted by Crippen LogP contribution is -2.44. The van der Waals surface area contributed by atoms with Crippen LogP contribution in [0.1, 0.15) is 19.3 Å². The van der Waals surface area contributed by atoms with Gasteiger partial charge in [0.15, 0.2) is 0 Å². The molecule has 14 rings (SSSR count). The maximum atomic E-state index is 2.65. The first-order valence-electron chi connectivity index (χ1n) is 24.7. The van der Waals surface area contributed by atoms with E-state index < -0.39 is 0 Å². The lowest BCUT2D eigenvalue weighted by Gasteiger charge is -2.44. The third kappa shape index (κ3) is 6.16. The van der Waals surface area contributed by atoms with Crippen LogP contribution in [0.25, 0.3) is 77.9 Å². The molecule has 2 aliphatic carbocycles. The summed E-state index contributed by atoms with van der Waals surface area (Å²) in [6, 6.07) is 74.6. The van der Waals surface area contributed by atoms with Gasteiger partial charge in [0.25, 0.3) is 0 Å². The molecule has 70 heavy (non-hydrogen) atoms. The molecule has 2 heterocycles. The Bertz CT molecular complexity index is 3940. The fourth-order valence-corrected chi connectivity index (χ4v) is 12.2. The van der Waals surface area contributed by atoms with Gasteiger partial charge in [0, 0.05) is 25.5 Å². The van der Waals surface area contributed by atoms with Gasteiger partial charge in [0.2, 0.25) is 0 Å². The third-order valence-electron chi connectivity index (χ3n) is 15.4. The second kappa shape index (κ2) is 16.0. The van der Waals surface area contributed by atoms with Crippen molar-refractivity contribution in [2.24, 2.45) is 0 Å². The zero-order chi connectivity index (χ0) is 46.5. The van der Waals surface area contributed by atoms with Gasteiger partial charge in [-0.05, 0) is 162 Å². The lowest BCUT2D eigenvalue weighted by molar-refractivity contribution is 0.754. The molecule has 4 heteroatoms. The molecule has 2 aliphatic heterocycles. The normalized spacial score (nSPS) is 15.8.